The van der Waals surface area contributed by atoms with E-state index in [0.29, 0.717) is 5.75 Å². The zero-order chi connectivity index (χ0) is 25.4. The highest BCUT2D eigenvalue weighted by Crippen LogP contribution is 2.48. The third-order valence-electron chi connectivity index (χ3n) is 8.96. The predicted octanol–water partition coefficient (Wildman–Crippen LogP) is 9.81. The molecular weight excluding hydrogens is 400 g/mol. The maximum absolute atomic E-state index is 11.6. The molecule has 0 aliphatic carbocycles. The van der Waals surface area contributed by atoms with Crippen molar-refractivity contribution in [3.63, 3.8) is 0 Å². The SMILES string of the molecule is CCC(C)(C)c1ccc(-c2c(O)cc(C(C)(C)CC)cc2C(C)(C)CC)c(C(C)(C)CC)c1. The lowest BCUT2D eigenvalue weighted by Gasteiger charge is -2.35. The smallest absolute Gasteiger partial charge is 0.124 e. The molecule has 0 aromatic heterocycles. The van der Waals surface area contributed by atoms with E-state index in [1.165, 1.54) is 27.8 Å². The van der Waals surface area contributed by atoms with Crippen molar-refractivity contribution in [2.24, 2.45) is 0 Å². The Kier molecular flexibility index (Phi) is 7.89. The van der Waals surface area contributed by atoms with Gasteiger partial charge in [0.2, 0.25) is 0 Å². The first-order valence-corrected chi connectivity index (χ1v) is 13.1. The molecular formula is C32H50O. The normalized spacial score (nSPS) is 13.5. The summed E-state index contributed by atoms with van der Waals surface area (Å²) in [6.45, 7) is 27.5. The monoisotopic (exact) mass is 450 g/mol. The Hall–Kier alpha value is -1.76. The highest BCUT2D eigenvalue weighted by atomic mass is 16.3. The second kappa shape index (κ2) is 9.47. The summed E-state index contributed by atoms with van der Waals surface area (Å²) in [5.74, 6) is 0.418. The maximum atomic E-state index is 11.6. The van der Waals surface area contributed by atoms with Gasteiger partial charge in [0, 0.05) is 5.56 Å². The van der Waals surface area contributed by atoms with E-state index in [1.807, 2.05) is 6.07 Å². The molecule has 0 saturated heterocycles. The fraction of sp³-hybridized carbons (Fsp3) is 0.625. The molecule has 0 aliphatic rings. The third-order valence-corrected chi connectivity index (χ3v) is 8.96. The molecule has 0 aliphatic heterocycles. The molecule has 184 valence electrons. The third kappa shape index (κ3) is 5.33. The van der Waals surface area contributed by atoms with E-state index in [9.17, 15) is 5.11 Å². The van der Waals surface area contributed by atoms with Crippen LogP contribution in [-0.2, 0) is 21.7 Å². The summed E-state index contributed by atoms with van der Waals surface area (Å²) in [5.41, 5.74) is 7.54. The summed E-state index contributed by atoms with van der Waals surface area (Å²) >= 11 is 0. The van der Waals surface area contributed by atoms with Gasteiger partial charge in [-0.15, -0.1) is 0 Å². The zero-order valence-electron chi connectivity index (χ0n) is 23.7. The van der Waals surface area contributed by atoms with Crippen molar-refractivity contribution in [1.82, 2.24) is 0 Å². The van der Waals surface area contributed by atoms with E-state index >= 15 is 0 Å². The Balaban J connectivity index is 2.99. The van der Waals surface area contributed by atoms with Crippen molar-refractivity contribution in [3.8, 4) is 16.9 Å². The van der Waals surface area contributed by atoms with Crippen LogP contribution in [0, 0.1) is 0 Å². The van der Waals surface area contributed by atoms with Crippen LogP contribution in [0.4, 0.5) is 0 Å². The summed E-state index contributed by atoms with van der Waals surface area (Å²) in [4.78, 5) is 0. The Morgan fingerprint density at radius 3 is 1.45 bits per heavy atom. The maximum Gasteiger partial charge on any atom is 0.124 e. The van der Waals surface area contributed by atoms with Crippen molar-refractivity contribution in [1.29, 1.82) is 0 Å². The van der Waals surface area contributed by atoms with Gasteiger partial charge in [-0.25, -0.2) is 0 Å². The zero-order valence-corrected chi connectivity index (χ0v) is 23.7. The molecule has 1 N–H and O–H groups in total. The average molecular weight is 451 g/mol. The summed E-state index contributed by atoms with van der Waals surface area (Å²) < 4.78 is 0. The minimum atomic E-state index is -0.0400. The molecule has 0 amide bonds. The highest BCUT2D eigenvalue weighted by Gasteiger charge is 2.32. The number of aromatic hydroxyl groups is 1. The lowest BCUT2D eigenvalue weighted by molar-refractivity contribution is 0.453. The Bertz CT molecular complexity index is 972. The quantitative estimate of drug-likeness (QED) is 0.403. The van der Waals surface area contributed by atoms with Crippen molar-refractivity contribution in [2.45, 2.75) is 130 Å². The number of phenols is 1. The van der Waals surface area contributed by atoms with Gasteiger partial charge in [0.05, 0.1) is 0 Å². The molecule has 2 aromatic rings. The molecule has 0 unspecified atom stereocenters. The molecule has 0 atom stereocenters. The van der Waals surface area contributed by atoms with Crippen LogP contribution in [0.25, 0.3) is 11.1 Å². The summed E-state index contributed by atoms with van der Waals surface area (Å²) in [6, 6.07) is 11.4. The van der Waals surface area contributed by atoms with Crippen LogP contribution in [-0.4, -0.2) is 5.11 Å². The minimum absolute atomic E-state index is 0.0105. The first kappa shape index (κ1) is 27.5. The van der Waals surface area contributed by atoms with Gasteiger partial charge in [-0.1, -0.05) is 107 Å². The first-order chi connectivity index (χ1) is 15.1. The predicted molar refractivity (Wildman–Crippen MR) is 147 cm³/mol. The number of benzene rings is 2. The molecule has 33 heavy (non-hydrogen) atoms. The number of phenolic OH excluding ortho intramolecular Hbond substituents is 1. The molecule has 0 heterocycles. The van der Waals surface area contributed by atoms with E-state index < -0.39 is 0 Å². The Labute approximate surface area is 205 Å². The van der Waals surface area contributed by atoms with Crippen LogP contribution < -0.4 is 0 Å². The van der Waals surface area contributed by atoms with Crippen LogP contribution in [0.15, 0.2) is 30.3 Å². The largest absolute Gasteiger partial charge is 0.507 e. The van der Waals surface area contributed by atoms with E-state index in [0.717, 1.165) is 31.2 Å². The number of rotatable bonds is 9. The molecule has 0 saturated carbocycles. The standard InChI is InChI=1S/C32H50O/c1-13-29(5,6)22-17-18-24(25(19-22)31(9,10)15-3)28-26(32(11,12)16-4)20-23(21-27(28)33)30(7,8)14-2/h17-21,33H,13-16H2,1-12H3. The van der Waals surface area contributed by atoms with Crippen molar-refractivity contribution in [3.05, 3.63) is 52.6 Å². The number of hydrogen-bond donors (Lipinski definition) is 1. The molecule has 2 aromatic carbocycles. The first-order valence-electron chi connectivity index (χ1n) is 13.1. The van der Waals surface area contributed by atoms with E-state index in [4.69, 9.17) is 0 Å². The number of hydrogen-bond acceptors (Lipinski definition) is 1. The van der Waals surface area contributed by atoms with Crippen molar-refractivity contribution in [2.75, 3.05) is 0 Å². The van der Waals surface area contributed by atoms with Crippen molar-refractivity contribution >= 4 is 0 Å². The fourth-order valence-corrected chi connectivity index (χ4v) is 4.37. The second-order valence-corrected chi connectivity index (χ2v) is 12.6. The second-order valence-electron chi connectivity index (χ2n) is 12.6. The Morgan fingerprint density at radius 1 is 0.545 bits per heavy atom. The van der Waals surface area contributed by atoms with Crippen LogP contribution in [0.1, 0.15) is 131 Å². The van der Waals surface area contributed by atoms with Gasteiger partial charge in [0.25, 0.3) is 0 Å². The van der Waals surface area contributed by atoms with E-state index in [2.05, 4.69) is 107 Å². The molecule has 1 nitrogen and oxygen atoms in total. The fourth-order valence-electron chi connectivity index (χ4n) is 4.37. The van der Waals surface area contributed by atoms with E-state index in [-0.39, 0.29) is 21.7 Å². The topological polar surface area (TPSA) is 20.2 Å². The van der Waals surface area contributed by atoms with Crippen LogP contribution >= 0.6 is 0 Å². The average Bonchev–Trinajstić information content (AvgIpc) is 2.78. The van der Waals surface area contributed by atoms with Gasteiger partial charge in [-0.3, -0.25) is 0 Å². The lowest BCUT2D eigenvalue weighted by Crippen LogP contribution is -2.23. The Morgan fingerprint density at radius 2 is 0.970 bits per heavy atom. The van der Waals surface area contributed by atoms with Crippen LogP contribution in [0.2, 0.25) is 0 Å². The van der Waals surface area contributed by atoms with E-state index in [1.54, 1.807) is 0 Å². The van der Waals surface area contributed by atoms with Gasteiger partial charge >= 0.3 is 0 Å². The van der Waals surface area contributed by atoms with Crippen molar-refractivity contribution < 1.29 is 5.11 Å². The van der Waals surface area contributed by atoms with Gasteiger partial charge in [0.15, 0.2) is 0 Å². The van der Waals surface area contributed by atoms with Gasteiger partial charge in [-0.05, 0) is 81.2 Å². The summed E-state index contributed by atoms with van der Waals surface area (Å²) in [7, 11) is 0. The highest BCUT2D eigenvalue weighted by molar-refractivity contribution is 5.79. The summed E-state index contributed by atoms with van der Waals surface area (Å²) in [6.07, 6.45) is 4.19. The molecule has 0 fully saturated rings. The lowest BCUT2D eigenvalue weighted by atomic mass is 9.70. The van der Waals surface area contributed by atoms with Crippen LogP contribution in [0.5, 0.6) is 5.75 Å². The molecule has 2 rings (SSSR count). The molecule has 1 heteroatoms. The van der Waals surface area contributed by atoms with Gasteiger partial charge < -0.3 is 5.11 Å². The molecule has 0 radical (unpaired) electrons. The van der Waals surface area contributed by atoms with Crippen LogP contribution in [0.3, 0.4) is 0 Å². The van der Waals surface area contributed by atoms with Gasteiger partial charge in [0.1, 0.15) is 5.75 Å². The molecule has 0 spiro atoms. The minimum Gasteiger partial charge on any atom is -0.507 e. The molecule has 0 bridgehead atoms. The van der Waals surface area contributed by atoms with Gasteiger partial charge in [-0.2, -0.15) is 0 Å². The summed E-state index contributed by atoms with van der Waals surface area (Å²) in [5, 5.41) is 11.6.